The van der Waals surface area contributed by atoms with Gasteiger partial charge in [0.2, 0.25) is 0 Å². The molecule has 42 heavy (non-hydrogen) atoms. The fourth-order valence-corrected chi connectivity index (χ4v) is 5.91. The predicted molar refractivity (Wildman–Crippen MR) is 156 cm³/mol. The van der Waals surface area contributed by atoms with Crippen LogP contribution in [0, 0.1) is 0 Å². The van der Waals surface area contributed by atoms with Crippen LogP contribution in [0.5, 0.6) is 0 Å². The van der Waals surface area contributed by atoms with Gasteiger partial charge in [-0.3, -0.25) is 4.79 Å². The first kappa shape index (κ1) is 31.8. The van der Waals surface area contributed by atoms with E-state index in [-0.39, 0.29) is 17.2 Å². The van der Waals surface area contributed by atoms with Crippen molar-refractivity contribution in [3.05, 3.63) is 71.8 Å². The van der Waals surface area contributed by atoms with E-state index in [1.54, 1.807) is 74.5 Å². The third kappa shape index (κ3) is 6.16. The highest BCUT2D eigenvalue weighted by Crippen LogP contribution is 2.48. The first-order valence-corrected chi connectivity index (χ1v) is 16.9. The van der Waals surface area contributed by atoms with E-state index < -0.39 is 62.7 Å². The topological polar surface area (TPSA) is 110 Å². The second-order valence-electron chi connectivity index (χ2n) is 12.5. The quantitative estimate of drug-likeness (QED) is 0.291. The van der Waals surface area contributed by atoms with Crippen LogP contribution in [0.3, 0.4) is 0 Å². The molecule has 11 heteroatoms. The summed E-state index contributed by atoms with van der Waals surface area (Å²) in [6.45, 7) is 13.4. The fraction of sp³-hybridized carbons (Fsp3) is 0.516. The van der Waals surface area contributed by atoms with E-state index in [2.05, 4.69) is 33.9 Å². The van der Waals surface area contributed by atoms with Crippen molar-refractivity contribution < 1.29 is 42.5 Å². The number of esters is 1. The monoisotopic (exact) mass is 599 g/mol. The molecule has 2 aliphatic rings. The van der Waals surface area contributed by atoms with Crippen LogP contribution in [0.25, 0.3) is 0 Å². The van der Waals surface area contributed by atoms with E-state index in [9.17, 15) is 14.4 Å². The van der Waals surface area contributed by atoms with Crippen molar-refractivity contribution in [1.29, 1.82) is 0 Å². The second-order valence-corrected chi connectivity index (χ2v) is 17.3. The highest BCUT2D eigenvalue weighted by molar-refractivity contribution is 6.74. The molecule has 0 bridgehead atoms. The summed E-state index contributed by atoms with van der Waals surface area (Å²) >= 11 is 0. The van der Waals surface area contributed by atoms with Gasteiger partial charge in [0.15, 0.2) is 20.4 Å². The number of imide groups is 1. The lowest BCUT2D eigenvalue weighted by atomic mass is 9.86. The standard InChI is InChI=1S/C31H41NO9Si/c1-29(2,3)42(7,8)38-19-23-31(24-27(39-23)41-30(4,5)40-24,20-37-26(34)22-17-13-10-14-18-22)32(28(35)36-6)25(33)21-15-11-9-12-16-21/h9-18,23-24,27H,19-20H2,1-8H3/t23-,24+,27-,31+/m1/s1. The molecule has 2 fully saturated rings. The van der Waals surface area contributed by atoms with Gasteiger partial charge in [-0.1, -0.05) is 57.2 Å². The van der Waals surface area contributed by atoms with Crippen molar-refractivity contribution in [1.82, 2.24) is 4.90 Å². The Bertz CT molecular complexity index is 1280. The smallest absolute Gasteiger partial charge is 0.417 e. The van der Waals surface area contributed by atoms with E-state index in [0.717, 1.165) is 4.90 Å². The SMILES string of the molecule is COC(=O)N(C(=O)c1ccccc1)[C@@]1(COC(=O)c2ccccc2)[C@@H](CO[Si](C)(C)C(C)(C)C)O[C@@H]2OC(C)(C)O[C@@H]21. The van der Waals surface area contributed by atoms with Crippen LogP contribution >= 0.6 is 0 Å². The first-order chi connectivity index (χ1) is 19.6. The van der Waals surface area contributed by atoms with Gasteiger partial charge in [-0.2, -0.15) is 0 Å². The van der Waals surface area contributed by atoms with Crippen molar-refractivity contribution in [3.63, 3.8) is 0 Å². The summed E-state index contributed by atoms with van der Waals surface area (Å²) in [7, 11) is -1.17. The maximum Gasteiger partial charge on any atom is 0.417 e. The molecule has 228 valence electrons. The number of carbonyl (C=O) groups is 3. The third-order valence-electron chi connectivity index (χ3n) is 8.25. The molecule has 2 amide bonds. The molecule has 4 rings (SSSR count). The second kappa shape index (κ2) is 11.9. The van der Waals surface area contributed by atoms with E-state index in [1.807, 2.05) is 0 Å². The van der Waals surface area contributed by atoms with Gasteiger partial charge in [-0.05, 0) is 56.2 Å². The number of nitrogens with zero attached hydrogens (tertiary/aromatic N) is 1. The Morgan fingerprint density at radius 3 is 2.05 bits per heavy atom. The number of amides is 2. The Morgan fingerprint density at radius 2 is 1.50 bits per heavy atom. The van der Waals surface area contributed by atoms with Crippen LogP contribution in [0.4, 0.5) is 4.79 Å². The lowest BCUT2D eigenvalue weighted by Gasteiger charge is -2.45. The summed E-state index contributed by atoms with van der Waals surface area (Å²) in [6, 6.07) is 16.8. The summed E-state index contributed by atoms with van der Waals surface area (Å²) in [5.41, 5.74) is -1.19. The van der Waals surface area contributed by atoms with Gasteiger partial charge in [0.25, 0.3) is 5.91 Å². The number of methoxy groups -OCH3 is 1. The maximum atomic E-state index is 14.2. The van der Waals surface area contributed by atoms with Gasteiger partial charge in [-0.25, -0.2) is 14.5 Å². The largest absolute Gasteiger partial charge is 0.459 e. The van der Waals surface area contributed by atoms with Gasteiger partial charge >= 0.3 is 12.1 Å². The normalized spacial score (nSPS) is 25.0. The molecule has 2 aromatic carbocycles. The molecule has 0 radical (unpaired) electrons. The average Bonchev–Trinajstić information content (AvgIpc) is 3.40. The van der Waals surface area contributed by atoms with Crippen molar-refractivity contribution in [3.8, 4) is 0 Å². The minimum absolute atomic E-state index is 0.0188. The minimum atomic E-state index is -2.35. The van der Waals surface area contributed by atoms with Crippen molar-refractivity contribution in [2.24, 2.45) is 0 Å². The lowest BCUT2D eigenvalue weighted by molar-refractivity contribution is -0.223. The van der Waals surface area contributed by atoms with Crippen LogP contribution in [0.2, 0.25) is 18.1 Å². The highest BCUT2D eigenvalue weighted by atomic mass is 28.4. The molecule has 2 saturated heterocycles. The zero-order chi connectivity index (χ0) is 30.9. The number of rotatable bonds is 8. The Labute approximate surface area is 248 Å². The summed E-state index contributed by atoms with van der Waals surface area (Å²) in [5.74, 6) is -2.43. The highest BCUT2D eigenvalue weighted by Gasteiger charge is 2.69. The van der Waals surface area contributed by atoms with E-state index in [1.165, 1.54) is 7.11 Å². The van der Waals surface area contributed by atoms with Crippen LogP contribution < -0.4 is 0 Å². The Kier molecular flexibility index (Phi) is 9.01. The number of carbonyl (C=O) groups excluding carboxylic acids is 3. The minimum Gasteiger partial charge on any atom is -0.459 e. The summed E-state index contributed by atoms with van der Waals surface area (Å²) < 4.78 is 36.4. The number of hydrogen-bond acceptors (Lipinski definition) is 9. The number of hydrogen-bond donors (Lipinski definition) is 0. The fourth-order valence-electron chi connectivity index (χ4n) is 4.91. The van der Waals surface area contributed by atoms with Gasteiger partial charge in [-0.15, -0.1) is 0 Å². The zero-order valence-electron chi connectivity index (χ0n) is 25.5. The summed E-state index contributed by atoms with van der Waals surface area (Å²) in [6.07, 6.45) is -3.97. The van der Waals surface area contributed by atoms with E-state index in [0.29, 0.717) is 5.56 Å². The molecule has 2 aromatic rings. The number of benzene rings is 2. The Balaban J connectivity index is 1.85. The van der Waals surface area contributed by atoms with Gasteiger partial charge in [0.05, 0.1) is 19.3 Å². The molecule has 2 aliphatic heterocycles. The lowest BCUT2D eigenvalue weighted by Crippen LogP contribution is -2.68. The molecule has 0 aliphatic carbocycles. The first-order valence-electron chi connectivity index (χ1n) is 14.0. The zero-order valence-corrected chi connectivity index (χ0v) is 26.5. The Hall–Kier alpha value is -3.09. The number of ether oxygens (including phenoxy) is 5. The molecule has 0 aromatic heterocycles. The van der Waals surface area contributed by atoms with Crippen molar-refractivity contribution in [2.45, 2.75) is 82.6 Å². The van der Waals surface area contributed by atoms with Gasteiger partial charge < -0.3 is 28.1 Å². The average molecular weight is 600 g/mol. The molecular weight excluding hydrogens is 558 g/mol. The van der Waals surface area contributed by atoms with Crippen LogP contribution in [-0.2, 0) is 28.1 Å². The predicted octanol–water partition coefficient (Wildman–Crippen LogP) is 5.39. The summed E-state index contributed by atoms with van der Waals surface area (Å²) in [4.78, 5) is 42.1. The molecule has 0 spiro atoms. The molecule has 4 atom stereocenters. The molecule has 0 saturated carbocycles. The van der Waals surface area contributed by atoms with Gasteiger partial charge in [0.1, 0.15) is 24.4 Å². The molecule has 0 N–H and O–H groups in total. The van der Waals surface area contributed by atoms with Crippen LogP contribution in [0.1, 0.15) is 55.3 Å². The van der Waals surface area contributed by atoms with Gasteiger partial charge in [0, 0.05) is 5.56 Å². The third-order valence-corrected chi connectivity index (χ3v) is 12.8. The van der Waals surface area contributed by atoms with Crippen molar-refractivity contribution in [2.75, 3.05) is 20.3 Å². The van der Waals surface area contributed by atoms with Crippen LogP contribution in [-0.4, -0.2) is 81.3 Å². The molecule has 10 nitrogen and oxygen atoms in total. The molecule has 2 heterocycles. The van der Waals surface area contributed by atoms with Crippen LogP contribution in [0.15, 0.2) is 60.7 Å². The van der Waals surface area contributed by atoms with E-state index in [4.69, 9.17) is 28.1 Å². The maximum absolute atomic E-state index is 14.2. The summed E-state index contributed by atoms with van der Waals surface area (Å²) in [5, 5.41) is -0.138. The van der Waals surface area contributed by atoms with E-state index >= 15 is 0 Å². The molecular formula is C31H41NO9Si. The number of fused-ring (bicyclic) bond motifs is 1. The van der Waals surface area contributed by atoms with Crippen molar-refractivity contribution >= 4 is 26.3 Å². The Morgan fingerprint density at radius 1 is 0.929 bits per heavy atom. The molecule has 0 unspecified atom stereocenters.